The van der Waals surface area contributed by atoms with Crippen molar-refractivity contribution in [3.63, 3.8) is 0 Å². The highest BCUT2D eigenvalue weighted by Gasteiger charge is 2.29. The van der Waals surface area contributed by atoms with E-state index >= 15 is 0 Å². The normalized spacial score (nSPS) is 19.6. The number of carbonyl (C=O) groups is 1. The first-order valence-electron chi connectivity index (χ1n) is 9.72. The summed E-state index contributed by atoms with van der Waals surface area (Å²) in [4.78, 5) is 13.4. The van der Waals surface area contributed by atoms with Crippen LogP contribution in [0.25, 0.3) is 0 Å². The van der Waals surface area contributed by atoms with E-state index in [4.69, 9.17) is 4.74 Å². The van der Waals surface area contributed by atoms with Crippen molar-refractivity contribution in [2.24, 2.45) is 5.92 Å². The van der Waals surface area contributed by atoms with E-state index < -0.39 is 11.0 Å². The Morgan fingerprint density at radius 3 is 2.61 bits per heavy atom. The summed E-state index contributed by atoms with van der Waals surface area (Å²) < 4.78 is 19.9. The highest BCUT2D eigenvalue weighted by atomic mass is 32.2. The monoisotopic (exact) mass is 400 g/mol. The van der Waals surface area contributed by atoms with Crippen molar-refractivity contribution in [3.05, 3.63) is 60.2 Å². The van der Waals surface area contributed by atoms with Crippen molar-refractivity contribution in [2.75, 3.05) is 26.7 Å². The number of hydrogen-bond donors (Lipinski definition) is 1. The van der Waals surface area contributed by atoms with E-state index in [-0.39, 0.29) is 17.7 Å². The molecular weight excluding hydrogens is 372 g/mol. The smallest absolute Gasteiger partial charge is 0.224 e. The largest absolute Gasteiger partial charge is 0.497 e. The minimum absolute atomic E-state index is 0.0548. The third-order valence-electron chi connectivity index (χ3n) is 5.20. The Labute approximate surface area is 169 Å². The van der Waals surface area contributed by atoms with Gasteiger partial charge in [-0.25, -0.2) is 8.51 Å². The number of ether oxygens (including phenoxy) is 1. The third-order valence-corrected chi connectivity index (χ3v) is 6.68. The lowest BCUT2D eigenvalue weighted by molar-refractivity contribution is -0.126. The SMILES string of the molecule is COc1ccc(S(=O)N2CCCC(C(=O)NCC(C)c3ccccc3)C2)cc1. The maximum atomic E-state index is 12.9. The summed E-state index contributed by atoms with van der Waals surface area (Å²) in [5.74, 6) is 0.931. The van der Waals surface area contributed by atoms with Crippen LogP contribution in [0.4, 0.5) is 0 Å². The van der Waals surface area contributed by atoms with E-state index in [1.165, 1.54) is 5.56 Å². The first-order chi connectivity index (χ1) is 13.6. The quantitative estimate of drug-likeness (QED) is 0.775. The first-order valence-corrected chi connectivity index (χ1v) is 10.8. The van der Waals surface area contributed by atoms with Crippen LogP contribution in [-0.2, 0) is 15.8 Å². The second-order valence-corrected chi connectivity index (χ2v) is 8.69. The number of nitrogens with zero attached hydrogens (tertiary/aromatic N) is 1. The molecule has 2 aromatic carbocycles. The summed E-state index contributed by atoms with van der Waals surface area (Å²) in [7, 11) is 0.348. The third kappa shape index (κ3) is 5.20. The van der Waals surface area contributed by atoms with E-state index in [1.54, 1.807) is 7.11 Å². The summed E-state index contributed by atoms with van der Waals surface area (Å²) in [6.45, 7) is 3.98. The van der Waals surface area contributed by atoms with E-state index in [0.717, 1.165) is 30.0 Å². The van der Waals surface area contributed by atoms with Gasteiger partial charge in [-0.2, -0.15) is 0 Å². The lowest BCUT2D eigenvalue weighted by atomic mass is 9.97. The van der Waals surface area contributed by atoms with Crippen LogP contribution in [0, 0.1) is 5.92 Å². The van der Waals surface area contributed by atoms with Crippen LogP contribution in [0.15, 0.2) is 59.5 Å². The molecule has 5 nitrogen and oxygen atoms in total. The minimum atomic E-state index is -1.26. The van der Waals surface area contributed by atoms with Crippen LogP contribution < -0.4 is 10.1 Å². The van der Waals surface area contributed by atoms with Gasteiger partial charge in [0.2, 0.25) is 5.91 Å². The molecule has 1 heterocycles. The minimum Gasteiger partial charge on any atom is -0.497 e. The second kappa shape index (κ2) is 9.85. The van der Waals surface area contributed by atoms with Gasteiger partial charge in [0.05, 0.1) is 17.9 Å². The summed E-state index contributed by atoms with van der Waals surface area (Å²) >= 11 is 0. The van der Waals surface area contributed by atoms with Crippen LogP contribution in [0.5, 0.6) is 5.75 Å². The number of nitrogens with one attached hydrogen (secondary N) is 1. The summed E-state index contributed by atoms with van der Waals surface area (Å²) in [5.41, 5.74) is 1.22. The van der Waals surface area contributed by atoms with Crippen molar-refractivity contribution < 1.29 is 13.7 Å². The molecule has 3 atom stereocenters. The molecule has 1 fully saturated rings. The fourth-order valence-electron chi connectivity index (χ4n) is 3.45. The molecule has 3 rings (SSSR count). The van der Waals surface area contributed by atoms with Gasteiger partial charge >= 0.3 is 0 Å². The Balaban J connectivity index is 1.54. The van der Waals surface area contributed by atoms with E-state index in [1.807, 2.05) is 46.8 Å². The van der Waals surface area contributed by atoms with Gasteiger partial charge in [-0.15, -0.1) is 0 Å². The Morgan fingerprint density at radius 2 is 1.93 bits per heavy atom. The van der Waals surface area contributed by atoms with E-state index in [2.05, 4.69) is 24.4 Å². The molecule has 0 spiro atoms. The number of piperidine rings is 1. The Kier molecular flexibility index (Phi) is 7.23. The van der Waals surface area contributed by atoms with E-state index in [9.17, 15) is 9.00 Å². The summed E-state index contributed by atoms with van der Waals surface area (Å²) in [5, 5.41) is 3.08. The molecule has 1 amide bonds. The Hall–Kier alpha value is -2.18. The number of rotatable bonds is 7. The predicted molar refractivity (Wildman–Crippen MR) is 112 cm³/mol. The van der Waals surface area contributed by atoms with Crippen LogP contribution in [0.1, 0.15) is 31.2 Å². The van der Waals surface area contributed by atoms with Gasteiger partial charge < -0.3 is 10.1 Å². The molecule has 3 unspecified atom stereocenters. The molecule has 0 aromatic heterocycles. The van der Waals surface area contributed by atoms with Crippen LogP contribution in [0.2, 0.25) is 0 Å². The fraction of sp³-hybridized carbons (Fsp3) is 0.409. The van der Waals surface area contributed by atoms with Gasteiger partial charge in [0.1, 0.15) is 16.7 Å². The second-order valence-electron chi connectivity index (χ2n) is 7.21. The zero-order valence-electron chi connectivity index (χ0n) is 16.5. The van der Waals surface area contributed by atoms with Gasteiger partial charge in [-0.1, -0.05) is 37.3 Å². The molecule has 1 N–H and O–H groups in total. The van der Waals surface area contributed by atoms with Gasteiger partial charge in [-0.3, -0.25) is 4.79 Å². The zero-order chi connectivity index (χ0) is 19.9. The number of hydrogen-bond acceptors (Lipinski definition) is 3. The number of carbonyl (C=O) groups excluding carboxylic acids is 1. The van der Waals surface area contributed by atoms with Crippen molar-refractivity contribution in [3.8, 4) is 5.75 Å². The molecule has 1 aliphatic rings. The molecule has 0 aliphatic carbocycles. The van der Waals surface area contributed by atoms with Crippen LogP contribution in [-0.4, -0.2) is 41.2 Å². The average molecular weight is 401 g/mol. The average Bonchev–Trinajstić information content (AvgIpc) is 2.77. The molecule has 1 aliphatic heterocycles. The summed E-state index contributed by atoms with van der Waals surface area (Å²) in [6.07, 6.45) is 1.70. The molecule has 150 valence electrons. The molecule has 0 radical (unpaired) electrons. The Bertz CT molecular complexity index is 795. The predicted octanol–water partition coefficient (Wildman–Crippen LogP) is 3.35. The van der Waals surface area contributed by atoms with Crippen molar-refractivity contribution in [1.29, 1.82) is 0 Å². The van der Waals surface area contributed by atoms with Gasteiger partial charge in [-0.05, 0) is 48.6 Å². The molecule has 0 saturated carbocycles. The number of amides is 1. The molecule has 0 bridgehead atoms. The fourth-order valence-corrected chi connectivity index (χ4v) is 4.72. The lowest BCUT2D eigenvalue weighted by Gasteiger charge is -2.31. The molecule has 6 heteroatoms. The zero-order valence-corrected chi connectivity index (χ0v) is 17.3. The molecule has 1 saturated heterocycles. The standard InChI is InChI=1S/C22H28N2O3S/c1-17(18-7-4-3-5-8-18)15-23-22(25)19-9-6-14-24(16-19)28(26)21-12-10-20(27-2)11-13-21/h3-5,7-8,10-13,17,19H,6,9,14-16H2,1-2H3,(H,23,25). The van der Waals surface area contributed by atoms with Crippen molar-refractivity contribution >= 4 is 16.9 Å². The van der Waals surface area contributed by atoms with Gasteiger partial charge in [0, 0.05) is 19.6 Å². The molecular formula is C22H28N2O3S. The van der Waals surface area contributed by atoms with E-state index in [0.29, 0.717) is 13.1 Å². The highest BCUT2D eigenvalue weighted by molar-refractivity contribution is 7.82. The van der Waals surface area contributed by atoms with Gasteiger partial charge in [0.25, 0.3) is 0 Å². The number of benzene rings is 2. The van der Waals surface area contributed by atoms with Crippen molar-refractivity contribution in [2.45, 2.75) is 30.6 Å². The van der Waals surface area contributed by atoms with Crippen LogP contribution in [0.3, 0.4) is 0 Å². The maximum absolute atomic E-state index is 12.9. The highest BCUT2D eigenvalue weighted by Crippen LogP contribution is 2.23. The van der Waals surface area contributed by atoms with Crippen molar-refractivity contribution in [1.82, 2.24) is 9.62 Å². The molecule has 28 heavy (non-hydrogen) atoms. The molecule has 2 aromatic rings. The van der Waals surface area contributed by atoms with Crippen LogP contribution >= 0.6 is 0 Å². The maximum Gasteiger partial charge on any atom is 0.224 e. The Morgan fingerprint density at radius 1 is 1.21 bits per heavy atom. The lowest BCUT2D eigenvalue weighted by Crippen LogP contribution is -2.44. The topological polar surface area (TPSA) is 58.6 Å². The number of methoxy groups -OCH3 is 1. The van der Waals surface area contributed by atoms with Gasteiger partial charge in [0.15, 0.2) is 0 Å². The summed E-state index contributed by atoms with van der Waals surface area (Å²) in [6, 6.07) is 17.4. The first kappa shape index (κ1) is 20.6.